The first-order chi connectivity index (χ1) is 8.11. The average molecular weight is 235 g/mol. The number of carbonyl (C=O) groups excluding carboxylic acids is 2. The first kappa shape index (κ1) is 11.6. The number of hydrogen-bond acceptors (Lipinski definition) is 5. The lowest BCUT2D eigenvalue weighted by Gasteiger charge is -2.24. The minimum Gasteiger partial charge on any atom is -0.508 e. The van der Waals surface area contributed by atoms with E-state index in [1.807, 2.05) is 0 Å². The van der Waals surface area contributed by atoms with Crippen LogP contribution in [0.2, 0.25) is 0 Å². The summed E-state index contributed by atoms with van der Waals surface area (Å²) in [6.07, 6.45) is 5.26. The van der Waals surface area contributed by atoms with Crippen molar-refractivity contribution in [3.8, 4) is 0 Å². The molecule has 1 heterocycles. The van der Waals surface area contributed by atoms with Crippen molar-refractivity contribution in [2.24, 2.45) is 11.7 Å². The molecule has 0 aromatic carbocycles. The Morgan fingerprint density at radius 3 is 3.06 bits per heavy atom. The molecule has 1 atom stereocenters. The molecule has 90 valence electrons. The van der Waals surface area contributed by atoms with Gasteiger partial charge >= 0.3 is 5.97 Å². The number of esters is 1. The maximum atomic E-state index is 11.6. The van der Waals surface area contributed by atoms with Gasteiger partial charge in [0.05, 0.1) is 5.57 Å². The number of aliphatic hydroxyl groups excluding tert-OH is 1. The topological polar surface area (TPSA) is 89.6 Å². The van der Waals surface area contributed by atoms with E-state index in [4.69, 9.17) is 10.5 Å². The minimum absolute atomic E-state index is 0.0624. The van der Waals surface area contributed by atoms with E-state index in [9.17, 15) is 14.7 Å². The molecular formula is C12H13NO4. The number of ether oxygens (including phenoxy) is 1. The molecule has 5 nitrogen and oxygen atoms in total. The second kappa shape index (κ2) is 4.55. The van der Waals surface area contributed by atoms with Crippen LogP contribution in [0.15, 0.2) is 35.3 Å². The summed E-state index contributed by atoms with van der Waals surface area (Å²) in [5.74, 6) is -0.648. The van der Waals surface area contributed by atoms with Gasteiger partial charge in [-0.3, -0.25) is 4.79 Å². The molecule has 2 aliphatic rings. The Labute approximate surface area is 98.2 Å². The van der Waals surface area contributed by atoms with Crippen molar-refractivity contribution >= 4 is 11.8 Å². The van der Waals surface area contributed by atoms with Crippen LogP contribution in [0.3, 0.4) is 0 Å². The SMILES string of the molecule is NCCC(=O)C1=CC2CC=C(O)C=C2OC1=O. The van der Waals surface area contributed by atoms with Crippen molar-refractivity contribution < 1.29 is 19.4 Å². The van der Waals surface area contributed by atoms with E-state index in [1.165, 1.54) is 6.08 Å². The van der Waals surface area contributed by atoms with Crippen LogP contribution < -0.4 is 5.73 Å². The van der Waals surface area contributed by atoms with Gasteiger partial charge < -0.3 is 15.6 Å². The Bertz CT molecular complexity index is 459. The Morgan fingerprint density at radius 1 is 1.59 bits per heavy atom. The summed E-state index contributed by atoms with van der Waals surface area (Å²) in [5.41, 5.74) is 5.34. The van der Waals surface area contributed by atoms with Crippen LogP contribution in [-0.4, -0.2) is 23.4 Å². The lowest BCUT2D eigenvalue weighted by atomic mass is 9.91. The number of hydrogen-bond donors (Lipinski definition) is 2. The van der Waals surface area contributed by atoms with Gasteiger partial charge in [-0.1, -0.05) is 6.08 Å². The van der Waals surface area contributed by atoms with Crippen LogP contribution in [0.5, 0.6) is 0 Å². The average Bonchev–Trinajstić information content (AvgIpc) is 2.28. The molecule has 1 unspecified atom stereocenters. The van der Waals surface area contributed by atoms with Crippen LogP contribution in [0.4, 0.5) is 0 Å². The first-order valence-corrected chi connectivity index (χ1v) is 5.40. The van der Waals surface area contributed by atoms with Gasteiger partial charge in [0.2, 0.25) is 0 Å². The van der Waals surface area contributed by atoms with Gasteiger partial charge in [-0.05, 0) is 19.0 Å². The number of fused-ring (bicyclic) bond motifs is 1. The summed E-state index contributed by atoms with van der Waals surface area (Å²) in [6, 6.07) is 0. The second-order valence-electron chi connectivity index (χ2n) is 3.95. The van der Waals surface area contributed by atoms with Gasteiger partial charge in [0.25, 0.3) is 0 Å². The maximum Gasteiger partial charge on any atom is 0.346 e. The van der Waals surface area contributed by atoms with Crippen molar-refractivity contribution in [3.05, 3.63) is 35.3 Å². The standard InChI is InChI=1S/C12H13NO4/c13-4-3-10(15)9-5-7-1-2-8(14)6-11(7)17-12(9)16/h2,5-7,14H,1,3-4,13H2. The molecule has 0 aromatic heterocycles. The van der Waals surface area contributed by atoms with Crippen molar-refractivity contribution in [3.63, 3.8) is 0 Å². The molecule has 0 amide bonds. The van der Waals surface area contributed by atoms with Gasteiger partial charge in [0, 0.05) is 18.4 Å². The second-order valence-corrected chi connectivity index (χ2v) is 3.95. The molecule has 2 rings (SSSR count). The van der Waals surface area contributed by atoms with Crippen molar-refractivity contribution in [2.75, 3.05) is 6.54 Å². The third-order valence-electron chi connectivity index (χ3n) is 2.71. The highest BCUT2D eigenvalue weighted by Gasteiger charge is 2.31. The molecule has 1 aliphatic heterocycles. The van der Waals surface area contributed by atoms with E-state index in [1.54, 1.807) is 12.2 Å². The van der Waals surface area contributed by atoms with E-state index < -0.39 is 5.97 Å². The number of allylic oxidation sites excluding steroid dienone is 3. The predicted octanol–water partition coefficient (Wildman–Crippen LogP) is 0.733. The molecule has 0 bridgehead atoms. The number of nitrogens with two attached hydrogens (primary N) is 1. The Hall–Kier alpha value is -1.88. The third kappa shape index (κ3) is 2.29. The zero-order valence-corrected chi connectivity index (χ0v) is 9.18. The molecule has 0 saturated heterocycles. The molecule has 0 saturated carbocycles. The molecular weight excluding hydrogens is 222 g/mol. The number of Topliss-reactive ketones (excluding diaryl/α,β-unsaturated/α-hetero) is 1. The minimum atomic E-state index is -0.666. The molecule has 0 radical (unpaired) electrons. The summed E-state index contributed by atoms with van der Waals surface area (Å²) < 4.78 is 5.03. The summed E-state index contributed by atoms with van der Waals surface area (Å²) in [5, 5.41) is 9.28. The molecule has 5 heteroatoms. The van der Waals surface area contributed by atoms with Crippen LogP contribution in [-0.2, 0) is 14.3 Å². The maximum absolute atomic E-state index is 11.6. The van der Waals surface area contributed by atoms with E-state index in [0.29, 0.717) is 12.2 Å². The van der Waals surface area contributed by atoms with E-state index >= 15 is 0 Å². The molecule has 3 N–H and O–H groups in total. The predicted molar refractivity (Wildman–Crippen MR) is 59.8 cm³/mol. The van der Waals surface area contributed by atoms with Crippen molar-refractivity contribution in [2.45, 2.75) is 12.8 Å². The molecule has 0 spiro atoms. The largest absolute Gasteiger partial charge is 0.508 e. The quantitative estimate of drug-likeness (QED) is 0.556. The van der Waals surface area contributed by atoms with Gasteiger partial charge in [0.1, 0.15) is 11.5 Å². The number of rotatable bonds is 3. The van der Waals surface area contributed by atoms with Crippen molar-refractivity contribution in [1.29, 1.82) is 0 Å². The fourth-order valence-electron chi connectivity index (χ4n) is 1.83. The Morgan fingerprint density at radius 2 is 2.35 bits per heavy atom. The highest BCUT2D eigenvalue weighted by Crippen LogP contribution is 2.31. The summed E-state index contributed by atoms with van der Waals surface area (Å²) >= 11 is 0. The Balaban J connectivity index is 2.25. The van der Waals surface area contributed by atoms with Crippen LogP contribution >= 0.6 is 0 Å². The van der Waals surface area contributed by atoms with E-state index in [0.717, 1.165) is 0 Å². The molecule has 17 heavy (non-hydrogen) atoms. The van der Waals surface area contributed by atoms with Gasteiger partial charge in [-0.25, -0.2) is 4.79 Å². The first-order valence-electron chi connectivity index (χ1n) is 5.40. The normalized spacial score (nSPS) is 23.0. The van der Waals surface area contributed by atoms with Crippen LogP contribution in [0.25, 0.3) is 0 Å². The molecule has 0 fully saturated rings. The van der Waals surface area contributed by atoms with E-state index in [2.05, 4.69) is 0 Å². The highest BCUT2D eigenvalue weighted by molar-refractivity contribution is 6.18. The van der Waals surface area contributed by atoms with Gasteiger partial charge in [-0.15, -0.1) is 0 Å². The smallest absolute Gasteiger partial charge is 0.346 e. The summed E-state index contributed by atoms with van der Waals surface area (Å²) in [7, 11) is 0. The number of ketones is 1. The fraction of sp³-hybridized carbons (Fsp3) is 0.333. The van der Waals surface area contributed by atoms with Gasteiger partial charge in [0.15, 0.2) is 5.78 Å². The summed E-state index contributed by atoms with van der Waals surface area (Å²) in [4.78, 5) is 23.2. The zero-order valence-electron chi connectivity index (χ0n) is 9.18. The monoisotopic (exact) mass is 235 g/mol. The number of aliphatic hydroxyl groups is 1. The Kier molecular flexibility index (Phi) is 3.10. The molecule has 0 aromatic rings. The summed E-state index contributed by atoms with van der Waals surface area (Å²) in [6.45, 7) is 0.206. The van der Waals surface area contributed by atoms with Gasteiger partial charge in [-0.2, -0.15) is 0 Å². The zero-order chi connectivity index (χ0) is 12.4. The lowest BCUT2D eigenvalue weighted by molar-refractivity contribution is -0.138. The third-order valence-corrected chi connectivity index (χ3v) is 2.71. The number of carbonyl (C=O) groups is 2. The van der Waals surface area contributed by atoms with E-state index in [-0.39, 0.29) is 36.0 Å². The molecule has 1 aliphatic carbocycles. The highest BCUT2D eigenvalue weighted by atomic mass is 16.5. The van der Waals surface area contributed by atoms with Crippen LogP contribution in [0, 0.1) is 5.92 Å². The van der Waals surface area contributed by atoms with Crippen LogP contribution in [0.1, 0.15) is 12.8 Å². The lowest BCUT2D eigenvalue weighted by Crippen LogP contribution is -2.26. The van der Waals surface area contributed by atoms with Crippen molar-refractivity contribution in [1.82, 2.24) is 0 Å². The fourth-order valence-corrected chi connectivity index (χ4v) is 1.83.